The van der Waals surface area contributed by atoms with E-state index in [9.17, 15) is 8.42 Å². The normalized spacial score (nSPS) is 36.1. The van der Waals surface area contributed by atoms with Crippen molar-refractivity contribution < 1.29 is 17.9 Å². The van der Waals surface area contributed by atoms with Crippen molar-refractivity contribution in [3.63, 3.8) is 0 Å². The first-order valence-corrected chi connectivity index (χ1v) is 11.3. The van der Waals surface area contributed by atoms with Gasteiger partial charge < -0.3 is 9.47 Å². The Labute approximate surface area is 155 Å². The monoisotopic (exact) mass is 377 g/mol. The van der Waals surface area contributed by atoms with Crippen LogP contribution in [-0.4, -0.2) is 27.7 Å². The SMILES string of the molecule is C[C@H](NS(=O)(=O)c1ccc2c(c1)OCCO2)C12CC3CC(CC(C3)C1)C2. The lowest BCUT2D eigenvalue weighted by atomic mass is 9.48. The zero-order chi connectivity index (χ0) is 17.9. The van der Waals surface area contributed by atoms with Gasteiger partial charge in [0.25, 0.3) is 0 Å². The summed E-state index contributed by atoms with van der Waals surface area (Å²) >= 11 is 0. The van der Waals surface area contributed by atoms with Gasteiger partial charge in [-0.15, -0.1) is 0 Å². The van der Waals surface area contributed by atoms with E-state index in [0.717, 1.165) is 17.8 Å². The molecule has 6 rings (SSSR count). The average molecular weight is 378 g/mol. The number of nitrogens with one attached hydrogen (secondary N) is 1. The molecule has 1 N–H and O–H groups in total. The number of hydrogen-bond acceptors (Lipinski definition) is 4. The minimum Gasteiger partial charge on any atom is -0.486 e. The Morgan fingerprint density at radius 1 is 1.00 bits per heavy atom. The molecule has 4 saturated carbocycles. The highest BCUT2D eigenvalue weighted by molar-refractivity contribution is 7.89. The summed E-state index contributed by atoms with van der Waals surface area (Å²) in [5.74, 6) is 3.55. The molecule has 0 saturated heterocycles. The van der Waals surface area contributed by atoms with Crippen LogP contribution in [-0.2, 0) is 10.0 Å². The molecule has 0 amide bonds. The van der Waals surface area contributed by atoms with E-state index in [0.29, 0.717) is 24.7 Å². The lowest BCUT2D eigenvalue weighted by Crippen LogP contribution is -2.55. The summed E-state index contributed by atoms with van der Waals surface area (Å²) in [4.78, 5) is 0.262. The molecule has 142 valence electrons. The summed E-state index contributed by atoms with van der Waals surface area (Å²) in [6, 6.07) is 4.86. The maximum atomic E-state index is 13.0. The quantitative estimate of drug-likeness (QED) is 0.874. The third kappa shape index (κ3) is 2.73. The molecular weight excluding hydrogens is 350 g/mol. The Hall–Kier alpha value is -1.27. The number of sulfonamides is 1. The van der Waals surface area contributed by atoms with Crippen LogP contribution in [0.3, 0.4) is 0 Å². The summed E-state index contributed by atoms with van der Waals surface area (Å²) in [7, 11) is -3.57. The third-order valence-electron chi connectivity index (χ3n) is 7.16. The van der Waals surface area contributed by atoms with Gasteiger partial charge in [-0.1, -0.05) is 0 Å². The van der Waals surface area contributed by atoms with Gasteiger partial charge in [0.1, 0.15) is 13.2 Å². The first-order chi connectivity index (χ1) is 12.4. The molecule has 1 aromatic rings. The minimum atomic E-state index is -3.57. The predicted molar refractivity (Wildman–Crippen MR) is 97.8 cm³/mol. The van der Waals surface area contributed by atoms with Gasteiger partial charge in [-0.05, 0) is 80.8 Å². The highest BCUT2D eigenvalue weighted by Gasteiger charge is 2.53. The van der Waals surface area contributed by atoms with E-state index in [2.05, 4.69) is 11.6 Å². The summed E-state index contributed by atoms with van der Waals surface area (Å²) in [5.41, 5.74) is 0.148. The van der Waals surface area contributed by atoms with E-state index >= 15 is 0 Å². The molecule has 0 unspecified atom stereocenters. The molecule has 1 aliphatic heterocycles. The van der Waals surface area contributed by atoms with Crippen molar-refractivity contribution in [2.24, 2.45) is 23.2 Å². The molecule has 5 nitrogen and oxygen atoms in total. The molecule has 1 atom stereocenters. The predicted octanol–water partition coefficient (Wildman–Crippen LogP) is 3.34. The fourth-order valence-electron chi connectivity index (χ4n) is 6.32. The summed E-state index contributed by atoms with van der Waals surface area (Å²) < 4.78 is 40.1. The lowest BCUT2D eigenvalue weighted by molar-refractivity contribution is -0.0666. The van der Waals surface area contributed by atoms with Crippen molar-refractivity contribution in [3.05, 3.63) is 18.2 Å². The van der Waals surface area contributed by atoms with Gasteiger partial charge in [-0.25, -0.2) is 13.1 Å². The molecule has 1 heterocycles. The van der Waals surface area contributed by atoms with Gasteiger partial charge in [0.15, 0.2) is 11.5 Å². The summed E-state index contributed by atoms with van der Waals surface area (Å²) in [6.07, 6.45) is 7.64. The fourth-order valence-corrected chi connectivity index (χ4v) is 7.69. The largest absolute Gasteiger partial charge is 0.486 e. The van der Waals surface area contributed by atoms with Gasteiger partial charge in [-0.3, -0.25) is 0 Å². The Kier molecular flexibility index (Phi) is 3.80. The first kappa shape index (κ1) is 16.9. The van der Waals surface area contributed by atoms with Crippen molar-refractivity contribution in [1.82, 2.24) is 4.72 Å². The number of benzene rings is 1. The van der Waals surface area contributed by atoms with Crippen molar-refractivity contribution in [3.8, 4) is 11.5 Å². The minimum absolute atomic E-state index is 0.0332. The van der Waals surface area contributed by atoms with Crippen molar-refractivity contribution in [2.75, 3.05) is 13.2 Å². The Balaban J connectivity index is 1.38. The highest BCUT2D eigenvalue weighted by atomic mass is 32.2. The van der Waals surface area contributed by atoms with Crippen LogP contribution in [0.4, 0.5) is 0 Å². The molecule has 0 spiro atoms. The second-order valence-electron chi connectivity index (χ2n) is 8.93. The van der Waals surface area contributed by atoms with Gasteiger partial charge >= 0.3 is 0 Å². The van der Waals surface area contributed by atoms with Crippen LogP contribution in [0, 0.1) is 23.2 Å². The van der Waals surface area contributed by atoms with E-state index in [4.69, 9.17) is 9.47 Å². The van der Waals surface area contributed by atoms with Crippen LogP contribution in [0.1, 0.15) is 45.4 Å². The molecular formula is C20H27NO4S. The fraction of sp³-hybridized carbons (Fsp3) is 0.700. The van der Waals surface area contributed by atoms with Crippen LogP contribution < -0.4 is 14.2 Å². The Bertz CT molecular complexity index is 784. The number of hydrogen-bond donors (Lipinski definition) is 1. The molecule has 4 aliphatic carbocycles. The molecule has 4 bridgehead atoms. The van der Waals surface area contributed by atoms with Gasteiger partial charge in [0, 0.05) is 12.1 Å². The zero-order valence-corrected chi connectivity index (χ0v) is 16.1. The molecule has 0 radical (unpaired) electrons. The Morgan fingerprint density at radius 2 is 1.58 bits per heavy atom. The van der Waals surface area contributed by atoms with Crippen molar-refractivity contribution >= 4 is 10.0 Å². The molecule has 26 heavy (non-hydrogen) atoms. The molecule has 6 heteroatoms. The Morgan fingerprint density at radius 3 is 2.19 bits per heavy atom. The van der Waals surface area contributed by atoms with Crippen LogP contribution in [0.2, 0.25) is 0 Å². The van der Waals surface area contributed by atoms with Crippen LogP contribution in [0.15, 0.2) is 23.1 Å². The maximum absolute atomic E-state index is 13.0. The van der Waals surface area contributed by atoms with Gasteiger partial charge in [0.05, 0.1) is 4.90 Å². The average Bonchev–Trinajstić information content (AvgIpc) is 2.60. The lowest BCUT2D eigenvalue weighted by Gasteiger charge is -2.59. The van der Waals surface area contributed by atoms with E-state index < -0.39 is 10.0 Å². The molecule has 1 aromatic carbocycles. The zero-order valence-electron chi connectivity index (χ0n) is 15.2. The van der Waals surface area contributed by atoms with E-state index in [1.54, 1.807) is 18.2 Å². The van der Waals surface area contributed by atoms with Crippen molar-refractivity contribution in [1.29, 1.82) is 0 Å². The maximum Gasteiger partial charge on any atom is 0.240 e. The smallest absolute Gasteiger partial charge is 0.240 e. The highest BCUT2D eigenvalue weighted by Crippen LogP contribution is 2.61. The third-order valence-corrected chi connectivity index (χ3v) is 8.70. The van der Waals surface area contributed by atoms with Crippen LogP contribution in [0.25, 0.3) is 0 Å². The first-order valence-electron chi connectivity index (χ1n) is 9.85. The number of rotatable bonds is 4. The molecule has 5 aliphatic rings. The van der Waals surface area contributed by atoms with E-state index in [1.807, 2.05) is 0 Å². The molecule has 0 aromatic heterocycles. The van der Waals surface area contributed by atoms with E-state index in [-0.39, 0.29) is 16.4 Å². The number of fused-ring (bicyclic) bond motifs is 1. The van der Waals surface area contributed by atoms with Crippen molar-refractivity contribution in [2.45, 2.75) is 56.4 Å². The number of ether oxygens (including phenoxy) is 2. The summed E-state index contributed by atoms with van der Waals surface area (Å²) in [5, 5.41) is 0. The summed E-state index contributed by atoms with van der Waals surface area (Å²) in [6.45, 7) is 3.02. The van der Waals surface area contributed by atoms with E-state index in [1.165, 1.54) is 38.5 Å². The van der Waals surface area contributed by atoms with Gasteiger partial charge in [-0.2, -0.15) is 0 Å². The topological polar surface area (TPSA) is 64.6 Å². The molecule has 4 fully saturated rings. The van der Waals surface area contributed by atoms with Crippen LogP contribution >= 0.6 is 0 Å². The van der Waals surface area contributed by atoms with Crippen LogP contribution in [0.5, 0.6) is 11.5 Å². The second kappa shape index (κ2) is 5.86. The van der Waals surface area contributed by atoms with Gasteiger partial charge in [0.2, 0.25) is 10.0 Å². The second-order valence-corrected chi connectivity index (χ2v) is 10.6. The standard InChI is InChI=1S/C20H27NO4S/c1-13(20-10-14-6-15(11-20)8-16(7-14)12-20)21-26(22,23)17-2-3-18-19(9-17)25-5-4-24-18/h2-3,9,13-16,21H,4-8,10-12H2,1H3/t13-,14?,15?,16?,20?/m0/s1.